The van der Waals surface area contributed by atoms with E-state index in [9.17, 15) is 0 Å². The van der Waals surface area contributed by atoms with Crippen LogP contribution in [0.25, 0.3) is 0 Å². The summed E-state index contributed by atoms with van der Waals surface area (Å²) in [6, 6.07) is 6.36. The fourth-order valence-electron chi connectivity index (χ4n) is 1.42. The molecule has 0 aliphatic heterocycles. The van der Waals surface area contributed by atoms with E-state index in [2.05, 4.69) is 50.9 Å². The van der Waals surface area contributed by atoms with Gasteiger partial charge in [0.25, 0.3) is 0 Å². The third-order valence-corrected chi connectivity index (χ3v) is 3.83. The normalized spacial score (nSPS) is 11.8. The van der Waals surface area contributed by atoms with E-state index in [-0.39, 0.29) is 0 Å². The van der Waals surface area contributed by atoms with Crippen LogP contribution in [0.15, 0.2) is 18.2 Å². The van der Waals surface area contributed by atoms with Crippen LogP contribution in [0.4, 0.5) is 0 Å². The molecule has 0 amide bonds. The van der Waals surface area contributed by atoms with Crippen molar-refractivity contribution in [2.75, 3.05) is 11.5 Å². The van der Waals surface area contributed by atoms with Crippen molar-refractivity contribution in [3.63, 3.8) is 0 Å². The smallest absolute Gasteiger partial charge is 0.0415 e. The Labute approximate surface area is 104 Å². The Bertz CT molecular complexity index is 315. The van der Waals surface area contributed by atoms with Crippen LogP contribution in [0.3, 0.4) is 0 Å². The van der Waals surface area contributed by atoms with E-state index >= 15 is 0 Å². The fourth-order valence-corrected chi connectivity index (χ4v) is 2.53. The maximum atomic E-state index is 4.61. The largest absolute Gasteiger partial charge is 0.258 e. The lowest BCUT2D eigenvalue weighted by molar-refractivity contribution is 0.481. The lowest BCUT2D eigenvalue weighted by Crippen LogP contribution is -2.09. The van der Waals surface area contributed by atoms with Crippen LogP contribution < -0.4 is 0 Å². The van der Waals surface area contributed by atoms with Crippen LogP contribution in [0, 0.1) is 5.41 Å². The minimum absolute atomic E-state index is 0.434. The van der Waals surface area contributed by atoms with Crippen LogP contribution in [0.5, 0.6) is 0 Å². The first-order valence-corrected chi connectivity index (χ1v) is 7.19. The molecule has 0 aliphatic carbocycles. The molecule has 0 radical (unpaired) electrons. The molecule has 2 heteroatoms. The van der Waals surface area contributed by atoms with Gasteiger partial charge in [0.1, 0.15) is 0 Å². The van der Waals surface area contributed by atoms with Gasteiger partial charge in [0.05, 0.1) is 0 Å². The highest BCUT2D eigenvalue weighted by molar-refractivity contribution is 7.99. The summed E-state index contributed by atoms with van der Waals surface area (Å²) in [6.07, 6.45) is 2.12. The molecule has 90 valence electrons. The number of hydrogen-bond donors (Lipinski definition) is 0. The number of pyridine rings is 1. The molecule has 0 aromatic carbocycles. The van der Waals surface area contributed by atoms with E-state index in [1.165, 1.54) is 22.9 Å². The number of thioether (sulfide) groups is 1. The molecule has 0 saturated carbocycles. The number of aryl methyl sites for hydroxylation is 2. The number of rotatable bonds is 5. The molecule has 0 spiro atoms. The SMILES string of the molecule is CCc1cccc(CCSCC(C)(C)C)n1. The van der Waals surface area contributed by atoms with E-state index in [4.69, 9.17) is 0 Å². The molecular weight excluding hydrogens is 214 g/mol. The van der Waals surface area contributed by atoms with Crippen molar-refractivity contribution in [1.29, 1.82) is 0 Å². The molecule has 16 heavy (non-hydrogen) atoms. The summed E-state index contributed by atoms with van der Waals surface area (Å²) in [4.78, 5) is 4.61. The Morgan fingerprint density at radius 1 is 1.19 bits per heavy atom. The summed E-state index contributed by atoms with van der Waals surface area (Å²) in [6.45, 7) is 9.02. The van der Waals surface area contributed by atoms with Gasteiger partial charge in [-0.1, -0.05) is 33.8 Å². The first kappa shape index (κ1) is 13.6. The molecule has 0 bridgehead atoms. The highest BCUT2D eigenvalue weighted by Crippen LogP contribution is 2.20. The summed E-state index contributed by atoms with van der Waals surface area (Å²) < 4.78 is 0. The van der Waals surface area contributed by atoms with Crippen LogP contribution in [0.1, 0.15) is 39.1 Å². The second-order valence-electron chi connectivity index (χ2n) is 5.34. The van der Waals surface area contributed by atoms with E-state index in [1.54, 1.807) is 0 Å². The molecule has 0 saturated heterocycles. The minimum atomic E-state index is 0.434. The van der Waals surface area contributed by atoms with Gasteiger partial charge in [0, 0.05) is 11.4 Å². The van der Waals surface area contributed by atoms with Gasteiger partial charge in [-0.2, -0.15) is 11.8 Å². The number of aromatic nitrogens is 1. The summed E-state index contributed by atoms with van der Waals surface area (Å²) in [5.41, 5.74) is 2.88. The lowest BCUT2D eigenvalue weighted by Gasteiger charge is -2.16. The molecular formula is C14H23NS. The van der Waals surface area contributed by atoms with Gasteiger partial charge >= 0.3 is 0 Å². The Morgan fingerprint density at radius 3 is 2.50 bits per heavy atom. The number of hydrogen-bond acceptors (Lipinski definition) is 2. The summed E-state index contributed by atoms with van der Waals surface area (Å²) >= 11 is 2.03. The predicted molar refractivity (Wildman–Crippen MR) is 74.1 cm³/mol. The molecule has 0 fully saturated rings. The van der Waals surface area contributed by atoms with Crippen molar-refractivity contribution < 1.29 is 0 Å². The molecule has 1 aromatic rings. The molecule has 1 rings (SSSR count). The zero-order valence-corrected chi connectivity index (χ0v) is 11.7. The standard InChI is InChI=1S/C14H23NS/c1-5-12-7-6-8-13(15-12)9-10-16-11-14(2,3)4/h6-8H,5,9-11H2,1-4H3. The molecule has 0 atom stereocenters. The van der Waals surface area contributed by atoms with Crippen LogP contribution >= 0.6 is 11.8 Å². The van der Waals surface area contributed by atoms with Crippen molar-refractivity contribution in [3.8, 4) is 0 Å². The van der Waals surface area contributed by atoms with Gasteiger partial charge in [-0.25, -0.2) is 0 Å². The summed E-state index contributed by atoms with van der Waals surface area (Å²) in [5.74, 6) is 2.40. The third-order valence-electron chi connectivity index (χ3n) is 2.26. The monoisotopic (exact) mass is 237 g/mol. The van der Waals surface area contributed by atoms with E-state index < -0.39 is 0 Å². The maximum Gasteiger partial charge on any atom is 0.0415 e. The molecule has 0 aliphatic rings. The molecule has 0 unspecified atom stereocenters. The second kappa shape index (κ2) is 6.29. The van der Waals surface area contributed by atoms with Crippen molar-refractivity contribution in [2.24, 2.45) is 5.41 Å². The van der Waals surface area contributed by atoms with Gasteiger partial charge < -0.3 is 0 Å². The molecule has 0 N–H and O–H groups in total. The topological polar surface area (TPSA) is 12.9 Å². The Balaban J connectivity index is 2.32. The minimum Gasteiger partial charge on any atom is -0.258 e. The second-order valence-corrected chi connectivity index (χ2v) is 6.44. The molecule has 1 nitrogen and oxygen atoms in total. The van der Waals surface area contributed by atoms with Crippen molar-refractivity contribution in [2.45, 2.75) is 40.5 Å². The first-order valence-electron chi connectivity index (χ1n) is 6.04. The van der Waals surface area contributed by atoms with Gasteiger partial charge in [-0.3, -0.25) is 4.98 Å². The Morgan fingerprint density at radius 2 is 1.88 bits per heavy atom. The zero-order valence-electron chi connectivity index (χ0n) is 10.9. The first-order chi connectivity index (χ1) is 7.51. The van der Waals surface area contributed by atoms with E-state index in [0.29, 0.717) is 5.41 Å². The highest BCUT2D eigenvalue weighted by Gasteiger charge is 2.09. The molecule has 1 aromatic heterocycles. The number of nitrogens with zero attached hydrogens (tertiary/aromatic N) is 1. The quantitative estimate of drug-likeness (QED) is 0.719. The maximum absolute atomic E-state index is 4.61. The van der Waals surface area contributed by atoms with E-state index in [1.807, 2.05) is 11.8 Å². The Hall–Kier alpha value is -0.500. The lowest BCUT2D eigenvalue weighted by atomic mass is 10.0. The average molecular weight is 237 g/mol. The van der Waals surface area contributed by atoms with Gasteiger partial charge in [0.15, 0.2) is 0 Å². The van der Waals surface area contributed by atoms with Crippen molar-refractivity contribution >= 4 is 11.8 Å². The summed E-state index contributed by atoms with van der Waals surface area (Å²) in [7, 11) is 0. The zero-order chi connectivity index (χ0) is 12.0. The molecule has 1 heterocycles. The van der Waals surface area contributed by atoms with Crippen molar-refractivity contribution in [3.05, 3.63) is 29.6 Å². The average Bonchev–Trinajstić information content (AvgIpc) is 2.23. The summed E-state index contributed by atoms with van der Waals surface area (Å²) in [5, 5.41) is 0. The Kier molecular flexibility index (Phi) is 5.33. The van der Waals surface area contributed by atoms with Crippen LogP contribution in [-0.4, -0.2) is 16.5 Å². The van der Waals surface area contributed by atoms with Crippen molar-refractivity contribution in [1.82, 2.24) is 4.98 Å². The van der Waals surface area contributed by atoms with Crippen LogP contribution in [-0.2, 0) is 12.8 Å². The van der Waals surface area contributed by atoms with Gasteiger partial charge in [-0.05, 0) is 41.9 Å². The van der Waals surface area contributed by atoms with Gasteiger partial charge in [0.2, 0.25) is 0 Å². The van der Waals surface area contributed by atoms with E-state index in [0.717, 1.165) is 12.8 Å². The van der Waals surface area contributed by atoms with Gasteiger partial charge in [-0.15, -0.1) is 0 Å². The van der Waals surface area contributed by atoms with Crippen LogP contribution in [0.2, 0.25) is 0 Å². The fraction of sp³-hybridized carbons (Fsp3) is 0.643. The third kappa shape index (κ3) is 5.55. The predicted octanol–water partition coefficient (Wildman–Crippen LogP) is 3.97. The highest BCUT2D eigenvalue weighted by atomic mass is 32.2.